The van der Waals surface area contributed by atoms with Crippen LogP contribution in [0.2, 0.25) is 0 Å². The van der Waals surface area contributed by atoms with Gasteiger partial charge in [-0.1, -0.05) is 12.1 Å². The highest BCUT2D eigenvalue weighted by Gasteiger charge is 2.36. The Labute approximate surface area is 149 Å². The number of nitrogens with one attached hydrogen (secondary N) is 1. The topological polar surface area (TPSA) is 67.9 Å². The summed E-state index contributed by atoms with van der Waals surface area (Å²) in [4.78, 5) is 26.2. The van der Waals surface area contributed by atoms with Crippen LogP contribution in [0.5, 0.6) is 5.75 Å². The highest BCUT2D eigenvalue weighted by atomic mass is 16.6. The zero-order chi connectivity index (χ0) is 18.4. The average molecular weight is 348 g/mol. The molecular formula is C19H28N2O4. The smallest absolute Gasteiger partial charge is 0.410 e. The number of benzene rings is 1. The van der Waals surface area contributed by atoms with Gasteiger partial charge < -0.3 is 14.8 Å². The van der Waals surface area contributed by atoms with Gasteiger partial charge in [0, 0.05) is 13.1 Å². The maximum atomic E-state index is 12.5. The first-order chi connectivity index (χ1) is 11.8. The first-order valence-electron chi connectivity index (χ1n) is 8.70. The molecule has 1 unspecified atom stereocenters. The van der Waals surface area contributed by atoms with E-state index in [4.69, 9.17) is 9.47 Å². The second-order valence-electron chi connectivity index (χ2n) is 7.22. The number of hydrogen-bond donors (Lipinski definition) is 1. The van der Waals surface area contributed by atoms with E-state index in [2.05, 4.69) is 5.32 Å². The minimum atomic E-state index is -0.562. The second-order valence-corrected chi connectivity index (χ2v) is 7.22. The lowest BCUT2D eigenvalue weighted by Crippen LogP contribution is -2.47. The van der Waals surface area contributed by atoms with Gasteiger partial charge in [-0.3, -0.25) is 9.69 Å². The lowest BCUT2D eigenvalue weighted by atomic mass is 10.1. The van der Waals surface area contributed by atoms with Crippen molar-refractivity contribution >= 4 is 12.0 Å². The number of methoxy groups -OCH3 is 1. The Kier molecular flexibility index (Phi) is 6.28. The van der Waals surface area contributed by atoms with E-state index in [-0.39, 0.29) is 5.91 Å². The van der Waals surface area contributed by atoms with Gasteiger partial charge in [-0.05, 0) is 57.7 Å². The van der Waals surface area contributed by atoms with E-state index >= 15 is 0 Å². The summed E-state index contributed by atoms with van der Waals surface area (Å²) in [5, 5.41) is 2.93. The summed E-state index contributed by atoms with van der Waals surface area (Å²) < 4.78 is 10.6. The van der Waals surface area contributed by atoms with Crippen LogP contribution in [0.15, 0.2) is 24.3 Å². The summed E-state index contributed by atoms with van der Waals surface area (Å²) >= 11 is 0. The number of rotatable bonds is 5. The van der Waals surface area contributed by atoms with Crippen LogP contribution in [0.25, 0.3) is 0 Å². The van der Waals surface area contributed by atoms with Crippen LogP contribution >= 0.6 is 0 Å². The third-order valence-electron chi connectivity index (χ3n) is 4.03. The summed E-state index contributed by atoms with van der Waals surface area (Å²) in [5.41, 5.74) is 0.530. The Morgan fingerprint density at radius 3 is 2.76 bits per heavy atom. The predicted molar refractivity (Wildman–Crippen MR) is 95.7 cm³/mol. The zero-order valence-corrected chi connectivity index (χ0v) is 15.5. The maximum Gasteiger partial charge on any atom is 0.410 e. The summed E-state index contributed by atoms with van der Waals surface area (Å²) in [6, 6.07) is 7.32. The molecule has 1 aliphatic rings. The lowest BCUT2D eigenvalue weighted by molar-refractivity contribution is -0.125. The van der Waals surface area contributed by atoms with E-state index in [1.165, 1.54) is 4.90 Å². The molecule has 1 fully saturated rings. The molecule has 1 aliphatic heterocycles. The van der Waals surface area contributed by atoms with Gasteiger partial charge in [-0.2, -0.15) is 0 Å². The minimum absolute atomic E-state index is 0.119. The van der Waals surface area contributed by atoms with Crippen molar-refractivity contribution < 1.29 is 19.1 Å². The van der Waals surface area contributed by atoms with Crippen LogP contribution in [0, 0.1) is 0 Å². The molecule has 0 spiro atoms. The number of likely N-dealkylation sites (tertiary alicyclic amines) is 1. The van der Waals surface area contributed by atoms with Gasteiger partial charge in [-0.15, -0.1) is 0 Å². The molecule has 25 heavy (non-hydrogen) atoms. The molecule has 1 heterocycles. The quantitative estimate of drug-likeness (QED) is 0.888. The number of carbonyl (C=O) groups is 2. The van der Waals surface area contributed by atoms with Crippen LogP contribution in [0.3, 0.4) is 0 Å². The first kappa shape index (κ1) is 19.1. The van der Waals surface area contributed by atoms with Crippen LogP contribution < -0.4 is 10.1 Å². The van der Waals surface area contributed by atoms with E-state index in [0.29, 0.717) is 25.9 Å². The van der Waals surface area contributed by atoms with E-state index in [1.807, 2.05) is 45.0 Å². The third kappa shape index (κ3) is 5.66. The fraction of sp³-hybridized carbons (Fsp3) is 0.579. The molecular weight excluding hydrogens is 320 g/mol. The SMILES string of the molecule is COc1cccc(CCNC(=O)C2CCCN2C(=O)OC(C)(C)C)c1. The Balaban J connectivity index is 1.85. The van der Waals surface area contributed by atoms with Crippen molar-refractivity contribution in [3.8, 4) is 5.75 Å². The molecule has 1 atom stereocenters. The highest BCUT2D eigenvalue weighted by molar-refractivity contribution is 5.86. The number of hydrogen-bond acceptors (Lipinski definition) is 4. The Hall–Kier alpha value is -2.24. The molecule has 138 valence electrons. The van der Waals surface area contributed by atoms with Crippen molar-refractivity contribution in [1.82, 2.24) is 10.2 Å². The molecule has 0 radical (unpaired) electrons. The molecule has 2 amide bonds. The van der Waals surface area contributed by atoms with Crippen molar-refractivity contribution in [3.63, 3.8) is 0 Å². The van der Waals surface area contributed by atoms with Crippen molar-refractivity contribution in [1.29, 1.82) is 0 Å². The van der Waals surface area contributed by atoms with Crippen LogP contribution in [0.4, 0.5) is 4.79 Å². The number of ether oxygens (including phenoxy) is 2. The van der Waals surface area contributed by atoms with Gasteiger partial charge in [0.1, 0.15) is 17.4 Å². The van der Waals surface area contributed by atoms with Gasteiger partial charge in [0.2, 0.25) is 5.91 Å². The fourth-order valence-electron chi connectivity index (χ4n) is 2.85. The molecule has 1 saturated heterocycles. The van der Waals surface area contributed by atoms with Gasteiger partial charge in [0.15, 0.2) is 0 Å². The standard InChI is InChI=1S/C19H28N2O4/c1-19(2,3)25-18(23)21-12-6-9-16(21)17(22)20-11-10-14-7-5-8-15(13-14)24-4/h5,7-8,13,16H,6,9-12H2,1-4H3,(H,20,22). The number of amides is 2. The molecule has 6 heteroatoms. The lowest BCUT2D eigenvalue weighted by Gasteiger charge is -2.28. The predicted octanol–water partition coefficient (Wildman–Crippen LogP) is 2.75. The largest absolute Gasteiger partial charge is 0.497 e. The zero-order valence-electron chi connectivity index (χ0n) is 15.5. The minimum Gasteiger partial charge on any atom is -0.497 e. The maximum absolute atomic E-state index is 12.5. The van der Waals surface area contributed by atoms with E-state index in [9.17, 15) is 9.59 Å². The molecule has 1 N–H and O–H groups in total. The van der Waals surface area contributed by atoms with Crippen molar-refractivity contribution in [3.05, 3.63) is 29.8 Å². The van der Waals surface area contributed by atoms with Crippen LogP contribution in [-0.4, -0.2) is 48.7 Å². The van der Waals surface area contributed by atoms with E-state index in [0.717, 1.165) is 17.7 Å². The monoisotopic (exact) mass is 348 g/mol. The van der Waals surface area contributed by atoms with Crippen LogP contribution in [-0.2, 0) is 16.0 Å². The normalized spacial score (nSPS) is 17.3. The van der Waals surface area contributed by atoms with Crippen molar-refractivity contribution in [2.75, 3.05) is 20.2 Å². The molecule has 0 saturated carbocycles. The summed E-state index contributed by atoms with van der Waals surface area (Å²) in [6.45, 7) is 6.55. The van der Waals surface area contributed by atoms with Crippen molar-refractivity contribution in [2.24, 2.45) is 0 Å². The van der Waals surface area contributed by atoms with Gasteiger partial charge in [0.05, 0.1) is 7.11 Å². The Bertz CT molecular complexity index is 610. The average Bonchev–Trinajstić information content (AvgIpc) is 3.03. The number of nitrogens with zero attached hydrogens (tertiary/aromatic N) is 1. The third-order valence-corrected chi connectivity index (χ3v) is 4.03. The molecule has 1 aromatic rings. The molecule has 0 bridgehead atoms. The van der Waals surface area contributed by atoms with Crippen LogP contribution in [0.1, 0.15) is 39.2 Å². The van der Waals surface area contributed by atoms with Gasteiger partial charge in [0.25, 0.3) is 0 Å². The summed E-state index contributed by atoms with van der Waals surface area (Å²) in [7, 11) is 1.63. The molecule has 6 nitrogen and oxygen atoms in total. The molecule has 0 aliphatic carbocycles. The summed E-state index contributed by atoms with van der Waals surface area (Å²) in [5.74, 6) is 0.682. The van der Waals surface area contributed by atoms with Gasteiger partial charge in [-0.25, -0.2) is 4.79 Å². The first-order valence-corrected chi connectivity index (χ1v) is 8.70. The Morgan fingerprint density at radius 1 is 1.32 bits per heavy atom. The number of carbonyl (C=O) groups excluding carboxylic acids is 2. The van der Waals surface area contributed by atoms with Crippen molar-refractivity contribution in [2.45, 2.75) is 51.7 Å². The van der Waals surface area contributed by atoms with E-state index in [1.54, 1.807) is 7.11 Å². The molecule has 2 rings (SSSR count). The summed E-state index contributed by atoms with van der Waals surface area (Å²) in [6.07, 6.45) is 1.78. The fourth-order valence-corrected chi connectivity index (χ4v) is 2.85. The Morgan fingerprint density at radius 2 is 2.08 bits per heavy atom. The molecule has 1 aromatic carbocycles. The van der Waals surface area contributed by atoms with E-state index < -0.39 is 17.7 Å². The molecule has 0 aromatic heterocycles. The van der Waals surface area contributed by atoms with Gasteiger partial charge >= 0.3 is 6.09 Å². The highest BCUT2D eigenvalue weighted by Crippen LogP contribution is 2.21. The second kappa shape index (κ2) is 8.23.